The van der Waals surface area contributed by atoms with Crippen molar-refractivity contribution in [1.82, 2.24) is 5.32 Å². The molecule has 4 rings (SSSR count). The summed E-state index contributed by atoms with van der Waals surface area (Å²) in [6.07, 6.45) is 0.821. The molecule has 0 spiro atoms. The van der Waals surface area contributed by atoms with E-state index >= 15 is 0 Å². The number of fused-ring (bicyclic) bond motifs is 1. The quantitative estimate of drug-likeness (QED) is 0.708. The molecule has 2 amide bonds. The molecule has 3 aromatic carbocycles. The molecule has 0 unspecified atom stereocenters. The third kappa shape index (κ3) is 4.06. The van der Waals surface area contributed by atoms with Gasteiger partial charge in [-0.25, -0.2) is 0 Å². The van der Waals surface area contributed by atoms with E-state index in [1.165, 1.54) is 0 Å². The molecular weight excluding hydrogens is 374 g/mol. The Morgan fingerprint density at radius 1 is 0.933 bits per heavy atom. The van der Waals surface area contributed by atoms with Crippen molar-refractivity contribution >= 4 is 23.2 Å². The number of hydrogen-bond acceptors (Lipinski definition) is 3. The number of rotatable bonds is 5. The molecule has 0 aliphatic carbocycles. The van der Waals surface area contributed by atoms with Gasteiger partial charge in [0.15, 0.2) is 0 Å². The zero-order valence-electron chi connectivity index (χ0n) is 17.3. The summed E-state index contributed by atoms with van der Waals surface area (Å²) in [5.41, 5.74) is 5.52. The molecule has 1 heterocycles. The van der Waals surface area contributed by atoms with Gasteiger partial charge in [0.05, 0.1) is 0 Å². The third-order valence-corrected chi connectivity index (χ3v) is 5.40. The Morgan fingerprint density at radius 3 is 2.37 bits per heavy atom. The lowest BCUT2D eigenvalue weighted by molar-refractivity contribution is 0.0949. The Morgan fingerprint density at radius 2 is 1.67 bits per heavy atom. The van der Waals surface area contributed by atoms with Gasteiger partial charge in [-0.1, -0.05) is 30.3 Å². The Hall–Kier alpha value is -3.60. The first-order chi connectivity index (χ1) is 14.5. The molecule has 3 aromatic rings. The summed E-state index contributed by atoms with van der Waals surface area (Å²) >= 11 is 0. The van der Waals surface area contributed by atoms with E-state index < -0.39 is 0 Å². The van der Waals surface area contributed by atoms with Crippen LogP contribution >= 0.6 is 0 Å². The van der Waals surface area contributed by atoms with Crippen molar-refractivity contribution in [3.8, 4) is 0 Å². The van der Waals surface area contributed by atoms with Crippen LogP contribution in [0.2, 0.25) is 0 Å². The summed E-state index contributed by atoms with van der Waals surface area (Å²) in [4.78, 5) is 29.1. The lowest BCUT2D eigenvalue weighted by Gasteiger charge is -2.17. The van der Waals surface area contributed by atoms with E-state index in [-0.39, 0.29) is 11.8 Å². The van der Waals surface area contributed by atoms with Gasteiger partial charge in [-0.05, 0) is 60.0 Å². The van der Waals surface area contributed by atoms with Crippen molar-refractivity contribution in [3.05, 3.63) is 95.1 Å². The molecule has 30 heavy (non-hydrogen) atoms. The molecule has 1 aliphatic heterocycles. The highest BCUT2D eigenvalue weighted by atomic mass is 16.2. The number of amides is 2. The van der Waals surface area contributed by atoms with Gasteiger partial charge in [0.1, 0.15) is 0 Å². The molecule has 5 nitrogen and oxygen atoms in total. The fraction of sp³-hybridized carbons (Fsp3) is 0.200. The predicted molar refractivity (Wildman–Crippen MR) is 120 cm³/mol. The minimum absolute atomic E-state index is 0.0246. The SMILES string of the molecule is CN(C)c1ccc(C(=O)NCc2ccc3c(c2)CCN3C(=O)c2ccccc2)cc1. The largest absolute Gasteiger partial charge is 0.378 e. The van der Waals surface area contributed by atoms with E-state index in [4.69, 9.17) is 0 Å². The summed E-state index contributed by atoms with van der Waals surface area (Å²) in [6, 6.07) is 22.9. The van der Waals surface area contributed by atoms with Crippen LogP contribution in [0.15, 0.2) is 72.8 Å². The van der Waals surface area contributed by atoms with Crippen LogP contribution in [0, 0.1) is 0 Å². The van der Waals surface area contributed by atoms with Crippen LogP contribution in [0.25, 0.3) is 0 Å². The first-order valence-corrected chi connectivity index (χ1v) is 10.1. The van der Waals surface area contributed by atoms with E-state index in [9.17, 15) is 9.59 Å². The third-order valence-electron chi connectivity index (χ3n) is 5.40. The smallest absolute Gasteiger partial charge is 0.258 e. The minimum Gasteiger partial charge on any atom is -0.378 e. The van der Waals surface area contributed by atoms with Gasteiger partial charge in [0.2, 0.25) is 0 Å². The summed E-state index contributed by atoms with van der Waals surface area (Å²) in [7, 11) is 3.94. The lowest BCUT2D eigenvalue weighted by Crippen LogP contribution is -2.28. The highest BCUT2D eigenvalue weighted by Gasteiger charge is 2.25. The van der Waals surface area contributed by atoms with E-state index in [0.29, 0.717) is 24.2 Å². The standard InChI is InChI=1S/C25H25N3O2/c1-27(2)22-11-9-19(10-12-22)24(29)26-17-18-8-13-23-21(16-18)14-15-28(23)25(30)20-6-4-3-5-7-20/h3-13,16H,14-15,17H2,1-2H3,(H,26,29). The van der Waals surface area contributed by atoms with Gasteiger partial charge in [0.25, 0.3) is 11.8 Å². The maximum Gasteiger partial charge on any atom is 0.258 e. The summed E-state index contributed by atoms with van der Waals surface area (Å²) in [6.45, 7) is 1.13. The van der Waals surface area contributed by atoms with Crippen molar-refractivity contribution < 1.29 is 9.59 Å². The monoisotopic (exact) mass is 399 g/mol. The minimum atomic E-state index is -0.0957. The van der Waals surface area contributed by atoms with Gasteiger partial charge in [-0.15, -0.1) is 0 Å². The Balaban J connectivity index is 1.41. The van der Waals surface area contributed by atoms with Crippen LogP contribution in [-0.4, -0.2) is 32.5 Å². The number of anilines is 2. The second-order valence-corrected chi connectivity index (χ2v) is 7.66. The molecule has 5 heteroatoms. The summed E-state index contributed by atoms with van der Waals surface area (Å²) < 4.78 is 0. The van der Waals surface area contributed by atoms with Crippen molar-refractivity contribution in [1.29, 1.82) is 0 Å². The van der Waals surface area contributed by atoms with Gasteiger partial charge < -0.3 is 15.1 Å². The van der Waals surface area contributed by atoms with Gasteiger partial charge in [0, 0.05) is 49.7 Å². The summed E-state index contributed by atoms with van der Waals surface area (Å²) in [5.74, 6) is -0.0711. The van der Waals surface area contributed by atoms with Crippen LogP contribution in [0.5, 0.6) is 0 Å². The van der Waals surface area contributed by atoms with E-state index in [2.05, 4.69) is 11.4 Å². The van der Waals surface area contributed by atoms with Crippen molar-refractivity contribution in [3.63, 3.8) is 0 Å². The number of carbonyl (C=O) groups is 2. The van der Waals surface area contributed by atoms with Gasteiger partial charge >= 0.3 is 0 Å². The van der Waals surface area contributed by atoms with Crippen molar-refractivity contribution in [2.24, 2.45) is 0 Å². The molecule has 152 valence electrons. The van der Waals surface area contributed by atoms with Crippen molar-refractivity contribution in [2.75, 3.05) is 30.4 Å². The molecule has 0 saturated carbocycles. The average Bonchev–Trinajstić information content (AvgIpc) is 3.21. The lowest BCUT2D eigenvalue weighted by atomic mass is 10.1. The van der Waals surface area contributed by atoms with Gasteiger partial charge in [-0.2, -0.15) is 0 Å². The van der Waals surface area contributed by atoms with Crippen LogP contribution in [-0.2, 0) is 13.0 Å². The van der Waals surface area contributed by atoms with E-state index in [1.54, 1.807) is 0 Å². The molecule has 0 fully saturated rings. The topological polar surface area (TPSA) is 52.7 Å². The highest BCUT2D eigenvalue weighted by Crippen LogP contribution is 2.30. The first kappa shape index (κ1) is 19.7. The number of carbonyl (C=O) groups excluding carboxylic acids is 2. The van der Waals surface area contributed by atoms with Crippen molar-refractivity contribution in [2.45, 2.75) is 13.0 Å². The van der Waals surface area contributed by atoms with Gasteiger partial charge in [-0.3, -0.25) is 9.59 Å². The fourth-order valence-electron chi connectivity index (χ4n) is 3.71. The Kier molecular flexibility index (Phi) is 5.53. The second-order valence-electron chi connectivity index (χ2n) is 7.66. The average molecular weight is 399 g/mol. The van der Waals surface area contributed by atoms with Crippen LogP contribution < -0.4 is 15.1 Å². The second kappa shape index (κ2) is 8.41. The number of benzene rings is 3. The summed E-state index contributed by atoms with van der Waals surface area (Å²) in [5, 5.41) is 2.98. The van der Waals surface area contributed by atoms with Crippen LogP contribution in [0.3, 0.4) is 0 Å². The Bertz CT molecular complexity index is 1060. The molecule has 1 aliphatic rings. The maximum atomic E-state index is 12.8. The number of nitrogens with zero attached hydrogens (tertiary/aromatic N) is 2. The van der Waals surface area contributed by atoms with Crippen LogP contribution in [0.1, 0.15) is 31.8 Å². The predicted octanol–water partition coefficient (Wildman–Crippen LogP) is 3.89. The Labute approximate surface area is 176 Å². The fourth-order valence-corrected chi connectivity index (χ4v) is 3.71. The molecule has 1 N–H and O–H groups in total. The molecule has 0 saturated heterocycles. The first-order valence-electron chi connectivity index (χ1n) is 10.1. The van der Waals surface area contributed by atoms with E-state index in [0.717, 1.165) is 28.9 Å². The normalized spacial score (nSPS) is 12.4. The molecule has 0 radical (unpaired) electrons. The molecule has 0 aromatic heterocycles. The number of hydrogen-bond donors (Lipinski definition) is 1. The number of nitrogens with one attached hydrogen (secondary N) is 1. The molecule has 0 atom stereocenters. The van der Waals surface area contributed by atoms with E-state index in [1.807, 2.05) is 90.6 Å². The van der Waals surface area contributed by atoms with Crippen LogP contribution in [0.4, 0.5) is 11.4 Å². The maximum absolute atomic E-state index is 12.8. The molecular formula is C25H25N3O2. The molecule has 0 bridgehead atoms. The zero-order valence-corrected chi connectivity index (χ0v) is 17.3. The highest BCUT2D eigenvalue weighted by molar-refractivity contribution is 6.07. The zero-order chi connectivity index (χ0) is 21.1.